The lowest BCUT2D eigenvalue weighted by Gasteiger charge is -2.31. The van der Waals surface area contributed by atoms with Crippen molar-refractivity contribution in [2.45, 2.75) is 64.4 Å². The highest BCUT2D eigenvalue weighted by Crippen LogP contribution is 2.39. The molecule has 0 amide bonds. The summed E-state index contributed by atoms with van der Waals surface area (Å²) in [7, 11) is 0. The smallest absolute Gasteiger partial charge is 0.313 e. The molecule has 0 radical (unpaired) electrons. The van der Waals surface area contributed by atoms with E-state index in [0.717, 1.165) is 38.5 Å². The molecule has 0 aromatic rings. The van der Waals surface area contributed by atoms with E-state index in [1.165, 1.54) is 12.8 Å². The Hall–Kier alpha value is -0.570. The zero-order valence-corrected chi connectivity index (χ0v) is 10.9. The molecule has 2 aliphatic carbocycles. The summed E-state index contributed by atoms with van der Waals surface area (Å²) in [5.41, 5.74) is 5.45. The maximum Gasteiger partial charge on any atom is 0.313 e. The van der Waals surface area contributed by atoms with Crippen LogP contribution in [0.2, 0.25) is 0 Å². The fourth-order valence-corrected chi connectivity index (χ4v) is 3.31. The van der Waals surface area contributed by atoms with Crippen molar-refractivity contribution < 1.29 is 9.53 Å². The van der Waals surface area contributed by atoms with Crippen LogP contribution in [0.25, 0.3) is 0 Å². The molecular weight excluding hydrogens is 214 g/mol. The number of esters is 1. The van der Waals surface area contributed by atoms with Crippen LogP contribution >= 0.6 is 0 Å². The molecule has 0 heterocycles. The van der Waals surface area contributed by atoms with Crippen LogP contribution in [0, 0.1) is 11.3 Å². The standard InChI is InChI=1S/C14H25NO2/c1-11-5-4-6-12(9-11)17-13(16)14(10-15)7-2-3-8-14/h11-12H,2-10,15H2,1H3. The number of hydrogen-bond donors (Lipinski definition) is 1. The molecule has 2 fully saturated rings. The third-order valence-electron chi connectivity index (χ3n) is 4.55. The number of carbonyl (C=O) groups excluding carboxylic acids is 1. The van der Waals surface area contributed by atoms with Crippen molar-refractivity contribution >= 4 is 5.97 Å². The first-order chi connectivity index (χ1) is 8.16. The van der Waals surface area contributed by atoms with Crippen molar-refractivity contribution in [1.29, 1.82) is 0 Å². The molecular formula is C14H25NO2. The van der Waals surface area contributed by atoms with E-state index in [1.807, 2.05) is 0 Å². The first-order valence-electron chi connectivity index (χ1n) is 7.07. The molecule has 2 rings (SSSR count). The average Bonchev–Trinajstić information content (AvgIpc) is 2.78. The molecule has 0 aliphatic heterocycles. The Kier molecular flexibility index (Phi) is 4.08. The molecule has 2 unspecified atom stereocenters. The minimum atomic E-state index is -0.347. The lowest BCUT2D eigenvalue weighted by atomic mass is 9.85. The molecule has 17 heavy (non-hydrogen) atoms. The van der Waals surface area contributed by atoms with Crippen molar-refractivity contribution in [2.24, 2.45) is 17.1 Å². The fraction of sp³-hybridized carbons (Fsp3) is 0.929. The third kappa shape index (κ3) is 2.82. The topological polar surface area (TPSA) is 52.3 Å². The third-order valence-corrected chi connectivity index (χ3v) is 4.55. The Morgan fingerprint density at radius 3 is 2.59 bits per heavy atom. The van der Waals surface area contributed by atoms with Crippen molar-refractivity contribution in [3.05, 3.63) is 0 Å². The highest BCUT2D eigenvalue weighted by molar-refractivity contribution is 5.77. The van der Waals surface area contributed by atoms with Crippen LogP contribution in [0.1, 0.15) is 58.3 Å². The zero-order valence-electron chi connectivity index (χ0n) is 10.9. The van der Waals surface area contributed by atoms with Gasteiger partial charge >= 0.3 is 5.97 Å². The lowest BCUT2D eigenvalue weighted by Crippen LogP contribution is -2.40. The summed E-state index contributed by atoms with van der Waals surface area (Å²) in [4.78, 5) is 12.3. The summed E-state index contributed by atoms with van der Waals surface area (Å²) in [6.45, 7) is 2.70. The Bertz CT molecular complexity index is 271. The molecule has 98 valence electrons. The largest absolute Gasteiger partial charge is 0.462 e. The summed E-state index contributed by atoms with van der Waals surface area (Å²) in [5, 5.41) is 0. The van der Waals surface area contributed by atoms with E-state index in [2.05, 4.69) is 6.92 Å². The van der Waals surface area contributed by atoms with Crippen LogP contribution in [0.5, 0.6) is 0 Å². The van der Waals surface area contributed by atoms with E-state index in [0.29, 0.717) is 12.5 Å². The Labute approximate surface area is 104 Å². The van der Waals surface area contributed by atoms with Gasteiger partial charge in [-0.15, -0.1) is 0 Å². The number of nitrogens with two attached hydrogens (primary N) is 1. The Morgan fingerprint density at radius 2 is 2.00 bits per heavy atom. The molecule has 2 N–H and O–H groups in total. The van der Waals surface area contributed by atoms with Crippen LogP contribution in [0.15, 0.2) is 0 Å². The van der Waals surface area contributed by atoms with Gasteiger partial charge in [-0.05, 0) is 38.0 Å². The van der Waals surface area contributed by atoms with E-state index in [4.69, 9.17) is 10.5 Å². The van der Waals surface area contributed by atoms with Crippen molar-refractivity contribution in [3.8, 4) is 0 Å². The predicted molar refractivity (Wildman–Crippen MR) is 67.5 cm³/mol. The van der Waals surface area contributed by atoms with Gasteiger partial charge in [0.05, 0.1) is 5.41 Å². The van der Waals surface area contributed by atoms with Gasteiger partial charge in [0.15, 0.2) is 0 Å². The van der Waals surface area contributed by atoms with Gasteiger partial charge in [0, 0.05) is 6.54 Å². The molecule has 0 spiro atoms. The predicted octanol–water partition coefficient (Wildman–Crippen LogP) is 2.63. The lowest BCUT2D eigenvalue weighted by molar-refractivity contribution is -0.163. The van der Waals surface area contributed by atoms with E-state index in [1.54, 1.807) is 0 Å². The summed E-state index contributed by atoms with van der Waals surface area (Å²) in [6, 6.07) is 0. The van der Waals surface area contributed by atoms with E-state index < -0.39 is 0 Å². The summed E-state index contributed by atoms with van der Waals surface area (Å²) in [5.74, 6) is 0.676. The number of carbonyl (C=O) groups is 1. The SMILES string of the molecule is CC1CCCC(OC(=O)C2(CN)CCCC2)C1. The zero-order chi connectivity index (χ0) is 12.3. The summed E-state index contributed by atoms with van der Waals surface area (Å²) < 4.78 is 5.72. The molecule has 0 aromatic carbocycles. The second kappa shape index (κ2) is 5.38. The quantitative estimate of drug-likeness (QED) is 0.770. The van der Waals surface area contributed by atoms with Crippen molar-refractivity contribution in [3.63, 3.8) is 0 Å². The van der Waals surface area contributed by atoms with Crippen LogP contribution < -0.4 is 5.73 Å². The fourth-order valence-electron chi connectivity index (χ4n) is 3.31. The second-order valence-electron chi connectivity index (χ2n) is 5.99. The van der Waals surface area contributed by atoms with Crippen LogP contribution in [0.3, 0.4) is 0 Å². The average molecular weight is 239 g/mol. The summed E-state index contributed by atoms with van der Waals surface area (Å²) >= 11 is 0. The van der Waals surface area contributed by atoms with Gasteiger partial charge < -0.3 is 10.5 Å². The van der Waals surface area contributed by atoms with Gasteiger partial charge in [0.1, 0.15) is 6.10 Å². The van der Waals surface area contributed by atoms with E-state index in [-0.39, 0.29) is 17.5 Å². The highest BCUT2D eigenvalue weighted by Gasteiger charge is 2.42. The minimum Gasteiger partial charge on any atom is -0.462 e. The van der Waals surface area contributed by atoms with Gasteiger partial charge in [0.25, 0.3) is 0 Å². The number of ether oxygens (including phenoxy) is 1. The van der Waals surface area contributed by atoms with Gasteiger partial charge in [-0.2, -0.15) is 0 Å². The molecule has 2 aliphatic rings. The van der Waals surface area contributed by atoms with Crippen LogP contribution in [0.4, 0.5) is 0 Å². The molecule has 3 nitrogen and oxygen atoms in total. The second-order valence-corrected chi connectivity index (χ2v) is 5.99. The molecule has 2 saturated carbocycles. The number of hydrogen-bond acceptors (Lipinski definition) is 3. The normalized spacial score (nSPS) is 32.4. The molecule has 2 atom stereocenters. The van der Waals surface area contributed by atoms with Gasteiger partial charge in [-0.1, -0.05) is 26.2 Å². The first-order valence-corrected chi connectivity index (χ1v) is 7.07. The number of rotatable bonds is 3. The minimum absolute atomic E-state index is 0.0170. The van der Waals surface area contributed by atoms with Gasteiger partial charge in [-0.3, -0.25) is 4.79 Å². The van der Waals surface area contributed by atoms with Gasteiger partial charge in [0.2, 0.25) is 0 Å². The molecule has 0 saturated heterocycles. The molecule has 0 aromatic heterocycles. The highest BCUT2D eigenvalue weighted by atomic mass is 16.5. The molecule has 0 bridgehead atoms. The summed E-state index contributed by atoms with van der Waals surface area (Å²) in [6.07, 6.45) is 8.76. The Balaban J connectivity index is 1.91. The van der Waals surface area contributed by atoms with Gasteiger partial charge in [-0.25, -0.2) is 0 Å². The first kappa shape index (κ1) is 12.9. The van der Waals surface area contributed by atoms with Crippen molar-refractivity contribution in [2.75, 3.05) is 6.54 Å². The monoisotopic (exact) mass is 239 g/mol. The van der Waals surface area contributed by atoms with Crippen molar-refractivity contribution in [1.82, 2.24) is 0 Å². The van der Waals surface area contributed by atoms with Crippen LogP contribution in [-0.4, -0.2) is 18.6 Å². The molecule has 3 heteroatoms. The van der Waals surface area contributed by atoms with E-state index in [9.17, 15) is 4.79 Å². The maximum atomic E-state index is 12.3. The van der Waals surface area contributed by atoms with E-state index >= 15 is 0 Å². The Morgan fingerprint density at radius 1 is 1.29 bits per heavy atom. The maximum absolute atomic E-state index is 12.3. The van der Waals surface area contributed by atoms with Crippen LogP contribution in [-0.2, 0) is 9.53 Å².